The van der Waals surface area contributed by atoms with E-state index in [9.17, 15) is 4.79 Å². The maximum atomic E-state index is 12.0. The van der Waals surface area contributed by atoms with Gasteiger partial charge in [0.05, 0.1) is 25.8 Å². The van der Waals surface area contributed by atoms with Crippen molar-refractivity contribution in [1.82, 2.24) is 4.90 Å². The molecule has 0 atom stereocenters. The lowest BCUT2D eigenvalue weighted by atomic mass is 10.2. The van der Waals surface area contributed by atoms with E-state index in [1.54, 1.807) is 49.1 Å². The molecule has 0 saturated carbocycles. The molecule has 0 unspecified atom stereocenters. The normalized spacial score (nSPS) is 14.4. The minimum Gasteiger partial charge on any atom is -0.497 e. The molecule has 2 amide bonds. The molecule has 1 fully saturated rings. The Bertz CT molecular complexity index is 433. The number of anilines is 1. The van der Waals surface area contributed by atoms with Gasteiger partial charge in [0.2, 0.25) is 0 Å². The van der Waals surface area contributed by atoms with Crippen molar-refractivity contribution in [2.75, 3.05) is 37.7 Å². The van der Waals surface area contributed by atoms with Gasteiger partial charge in [0.1, 0.15) is 11.5 Å². The second-order valence-corrected chi connectivity index (χ2v) is 4.87. The van der Waals surface area contributed by atoms with Crippen molar-refractivity contribution in [2.24, 2.45) is 0 Å². The van der Waals surface area contributed by atoms with Gasteiger partial charge in [-0.1, -0.05) is 0 Å². The molecule has 0 radical (unpaired) electrons. The molecule has 0 bridgehead atoms. The fourth-order valence-electron chi connectivity index (χ4n) is 1.68. The van der Waals surface area contributed by atoms with Gasteiger partial charge in [0.15, 0.2) is 0 Å². The van der Waals surface area contributed by atoms with E-state index in [1.165, 1.54) is 0 Å². The number of carbonyl (C=O) groups excluding carboxylic acids is 1. The Hall–Kier alpha value is -1.56. The molecule has 1 saturated heterocycles. The third kappa shape index (κ3) is 2.81. The number of nitrogens with one attached hydrogen (secondary N) is 1. The van der Waals surface area contributed by atoms with Crippen molar-refractivity contribution < 1.29 is 14.3 Å². The van der Waals surface area contributed by atoms with E-state index >= 15 is 0 Å². The number of urea groups is 1. The summed E-state index contributed by atoms with van der Waals surface area (Å²) >= 11 is 1.75. The monoisotopic (exact) mass is 268 g/mol. The first-order valence-corrected chi connectivity index (χ1v) is 6.76. The molecule has 0 aromatic heterocycles. The summed E-state index contributed by atoms with van der Waals surface area (Å²) in [5.74, 6) is 3.03. The molecule has 6 heteroatoms. The number of amides is 2. The lowest BCUT2D eigenvalue weighted by molar-refractivity contribution is 0.225. The molecule has 1 aromatic carbocycles. The molecule has 0 aliphatic carbocycles. The number of ether oxygens (including phenoxy) is 2. The van der Waals surface area contributed by atoms with E-state index in [0.717, 1.165) is 18.2 Å². The Labute approximate surface area is 110 Å². The summed E-state index contributed by atoms with van der Waals surface area (Å²) in [4.78, 5) is 13.8. The molecule has 98 valence electrons. The van der Waals surface area contributed by atoms with Gasteiger partial charge in [-0.3, -0.25) is 0 Å². The van der Waals surface area contributed by atoms with Gasteiger partial charge in [-0.15, -0.1) is 11.8 Å². The van der Waals surface area contributed by atoms with Crippen LogP contribution in [0.4, 0.5) is 10.5 Å². The SMILES string of the molecule is COc1ccc(OC)c(NC(=O)N2CCSC2)c1. The molecule has 5 nitrogen and oxygen atoms in total. The molecule has 1 heterocycles. The van der Waals surface area contributed by atoms with Crippen molar-refractivity contribution in [1.29, 1.82) is 0 Å². The van der Waals surface area contributed by atoms with E-state index in [1.807, 2.05) is 0 Å². The predicted molar refractivity (Wildman–Crippen MR) is 72.6 cm³/mol. The van der Waals surface area contributed by atoms with E-state index < -0.39 is 0 Å². The molecule has 18 heavy (non-hydrogen) atoms. The summed E-state index contributed by atoms with van der Waals surface area (Å²) in [5, 5.41) is 2.85. The summed E-state index contributed by atoms with van der Waals surface area (Å²) in [7, 11) is 3.16. The van der Waals surface area contributed by atoms with Gasteiger partial charge >= 0.3 is 6.03 Å². The zero-order chi connectivity index (χ0) is 13.0. The number of rotatable bonds is 3. The number of hydrogen-bond acceptors (Lipinski definition) is 4. The van der Waals surface area contributed by atoms with E-state index in [4.69, 9.17) is 9.47 Å². The van der Waals surface area contributed by atoms with Crippen molar-refractivity contribution in [3.63, 3.8) is 0 Å². The Morgan fingerprint density at radius 3 is 2.83 bits per heavy atom. The van der Waals surface area contributed by atoms with Crippen LogP contribution in [0.15, 0.2) is 18.2 Å². The largest absolute Gasteiger partial charge is 0.497 e. The highest BCUT2D eigenvalue weighted by Crippen LogP contribution is 2.29. The lowest BCUT2D eigenvalue weighted by Gasteiger charge is -2.17. The zero-order valence-electron chi connectivity index (χ0n) is 10.4. The van der Waals surface area contributed by atoms with Gasteiger partial charge in [0, 0.05) is 18.4 Å². The molecule has 2 rings (SSSR count). The van der Waals surface area contributed by atoms with E-state index in [2.05, 4.69) is 5.32 Å². The van der Waals surface area contributed by atoms with Crippen LogP contribution in [0.5, 0.6) is 11.5 Å². The summed E-state index contributed by atoms with van der Waals surface area (Å²) in [5.41, 5.74) is 0.624. The third-order valence-corrected chi connectivity index (χ3v) is 3.65. The van der Waals surface area contributed by atoms with Crippen molar-refractivity contribution in [3.8, 4) is 11.5 Å². The second-order valence-electron chi connectivity index (χ2n) is 3.80. The Morgan fingerprint density at radius 1 is 1.39 bits per heavy atom. The zero-order valence-corrected chi connectivity index (χ0v) is 11.3. The topological polar surface area (TPSA) is 50.8 Å². The van der Waals surface area contributed by atoms with Crippen LogP contribution in [0.2, 0.25) is 0 Å². The van der Waals surface area contributed by atoms with Crippen LogP contribution >= 0.6 is 11.8 Å². The first-order chi connectivity index (χ1) is 8.74. The molecule has 1 aliphatic heterocycles. The summed E-state index contributed by atoms with van der Waals surface area (Å²) in [6, 6.07) is 5.21. The van der Waals surface area contributed by atoms with Crippen LogP contribution in [-0.2, 0) is 0 Å². The van der Waals surface area contributed by atoms with Gasteiger partial charge in [-0.05, 0) is 12.1 Å². The van der Waals surface area contributed by atoms with Gasteiger partial charge < -0.3 is 19.7 Å². The lowest BCUT2D eigenvalue weighted by Crippen LogP contribution is -2.32. The van der Waals surface area contributed by atoms with Crippen molar-refractivity contribution >= 4 is 23.5 Å². The maximum Gasteiger partial charge on any atom is 0.322 e. The second kappa shape index (κ2) is 5.86. The number of thioether (sulfide) groups is 1. The Kier molecular flexibility index (Phi) is 4.19. The first kappa shape index (κ1) is 12.9. The average Bonchev–Trinajstić information content (AvgIpc) is 2.92. The molecule has 1 aliphatic rings. The van der Waals surface area contributed by atoms with Crippen LogP contribution in [0, 0.1) is 0 Å². The minimum atomic E-state index is -0.105. The van der Waals surface area contributed by atoms with Crippen LogP contribution in [0.1, 0.15) is 0 Å². The highest BCUT2D eigenvalue weighted by molar-refractivity contribution is 7.99. The number of hydrogen-bond donors (Lipinski definition) is 1. The van der Waals surface area contributed by atoms with Crippen LogP contribution < -0.4 is 14.8 Å². The number of methoxy groups -OCH3 is 2. The van der Waals surface area contributed by atoms with Crippen LogP contribution in [0.25, 0.3) is 0 Å². The number of benzene rings is 1. The maximum absolute atomic E-state index is 12.0. The molecule has 1 N–H and O–H groups in total. The molecular weight excluding hydrogens is 252 g/mol. The van der Waals surface area contributed by atoms with Gasteiger partial charge in [-0.2, -0.15) is 0 Å². The van der Waals surface area contributed by atoms with Gasteiger partial charge in [-0.25, -0.2) is 4.79 Å². The van der Waals surface area contributed by atoms with E-state index in [0.29, 0.717) is 17.2 Å². The molecule has 1 aromatic rings. The summed E-state index contributed by atoms with van der Waals surface area (Å²) in [6.45, 7) is 0.781. The van der Waals surface area contributed by atoms with E-state index in [-0.39, 0.29) is 6.03 Å². The average molecular weight is 268 g/mol. The van der Waals surface area contributed by atoms with Gasteiger partial charge in [0.25, 0.3) is 0 Å². The van der Waals surface area contributed by atoms with Crippen LogP contribution in [-0.4, -0.2) is 43.3 Å². The van der Waals surface area contributed by atoms with Crippen molar-refractivity contribution in [3.05, 3.63) is 18.2 Å². The fraction of sp³-hybridized carbons (Fsp3) is 0.417. The fourth-order valence-corrected chi connectivity index (χ4v) is 2.63. The van der Waals surface area contributed by atoms with Crippen molar-refractivity contribution in [2.45, 2.75) is 0 Å². The summed E-state index contributed by atoms with van der Waals surface area (Å²) < 4.78 is 10.4. The van der Waals surface area contributed by atoms with Crippen LogP contribution in [0.3, 0.4) is 0 Å². The third-order valence-electron chi connectivity index (χ3n) is 2.69. The highest BCUT2D eigenvalue weighted by Gasteiger charge is 2.19. The molecule has 0 spiro atoms. The Morgan fingerprint density at radius 2 is 2.22 bits per heavy atom. The Balaban J connectivity index is 2.13. The smallest absolute Gasteiger partial charge is 0.322 e. The number of carbonyl (C=O) groups is 1. The summed E-state index contributed by atoms with van der Waals surface area (Å²) in [6.07, 6.45) is 0. The molecular formula is C12H16N2O3S. The minimum absolute atomic E-state index is 0.105. The highest BCUT2D eigenvalue weighted by atomic mass is 32.2. The standard InChI is InChI=1S/C12H16N2O3S/c1-16-9-3-4-11(17-2)10(7-9)13-12(15)14-5-6-18-8-14/h3-4,7H,5-6,8H2,1-2H3,(H,13,15). The number of nitrogens with zero attached hydrogens (tertiary/aromatic N) is 1. The predicted octanol–water partition coefficient (Wildman–Crippen LogP) is 2.24. The first-order valence-electron chi connectivity index (χ1n) is 5.60. The quantitative estimate of drug-likeness (QED) is 0.913.